The molecule has 1 atom stereocenters. The van der Waals surface area contributed by atoms with Crippen LogP contribution in [0.1, 0.15) is 23.0 Å². The maximum atomic E-state index is 13.9. The zero-order valence-corrected chi connectivity index (χ0v) is 18.3. The van der Waals surface area contributed by atoms with E-state index >= 15 is 0 Å². The Labute approximate surface area is 197 Å². The van der Waals surface area contributed by atoms with Crippen LogP contribution in [0.25, 0.3) is 15.8 Å². The van der Waals surface area contributed by atoms with Crippen LogP contribution in [0.5, 0.6) is 0 Å². The second-order valence-corrected chi connectivity index (χ2v) is 8.44. The molecule has 1 unspecified atom stereocenters. The molecule has 0 aliphatic carbocycles. The number of hydrogen-bond acceptors (Lipinski definition) is 4. The predicted molar refractivity (Wildman–Crippen MR) is 103 cm³/mol. The predicted octanol–water partition coefficient (Wildman–Crippen LogP) is 3.56. The standard InChI is InChI=1S/C20H15F6N2O3S.Li/c1-11-12(2)27-31-18(11)28-32(29,30)16-6-4-3-5-15(16)13-7-9-14(10-8-13)17(21)19(22,23)20(24,25)26;/h3-10,17H,1-2H3;/q-1;+1. The summed E-state index contributed by atoms with van der Waals surface area (Å²) in [6, 6.07) is 9.10. The second-order valence-electron chi connectivity index (χ2n) is 6.87. The molecular formula is C20H15F6LiN2O3S. The first kappa shape index (κ1) is 26.8. The molecule has 0 saturated carbocycles. The van der Waals surface area contributed by atoms with Crippen LogP contribution in [-0.4, -0.2) is 25.7 Å². The van der Waals surface area contributed by atoms with Gasteiger partial charge in [0.25, 0.3) is 0 Å². The molecule has 0 bridgehead atoms. The SMILES string of the molecule is Cc1noc([N-]S(=O)(=O)c2ccccc2-c2ccc(C(F)C(F)(F)C(F)(F)F)cc2)c1C.[Li+]. The van der Waals surface area contributed by atoms with Crippen LogP contribution >= 0.6 is 0 Å². The van der Waals surface area contributed by atoms with Crippen LogP contribution in [0.4, 0.5) is 32.2 Å². The van der Waals surface area contributed by atoms with Crippen molar-refractivity contribution in [1.29, 1.82) is 0 Å². The number of halogens is 6. The molecule has 0 N–H and O–H groups in total. The van der Waals surface area contributed by atoms with E-state index in [0.29, 0.717) is 11.3 Å². The van der Waals surface area contributed by atoms with E-state index in [1.54, 1.807) is 13.8 Å². The van der Waals surface area contributed by atoms with E-state index in [4.69, 9.17) is 4.52 Å². The van der Waals surface area contributed by atoms with Gasteiger partial charge in [-0.15, -0.1) is 0 Å². The first-order chi connectivity index (χ1) is 14.8. The zero-order chi connectivity index (χ0) is 23.9. The molecule has 2 aromatic carbocycles. The maximum Gasteiger partial charge on any atom is 1.00 e. The van der Waals surface area contributed by atoms with Crippen molar-refractivity contribution in [2.75, 3.05) is 0 Å². The summed E-state index contributed by atoms with van der Waals surface area (Å²) in [6.07, 6.45) is -9.69. The van der Waals surface area contributed by atoms with Crippen molar-refractivity contribution in [2.45, 2.75) is 37.0 Å². The molecule has 172 valence electrons. The molecule has 0 spiro atoms. The summed E-state index contributed by atoms with van der Waals surface area (Å²) in [5, 5.41) is 3.63. The molecule has 1 aromatic heterocycles. The summed E-state index contributed by atoms with van der Waals surface area (Å²) in [4.78, 5) is -0.279. The number of aryl methyl sites for hydroxylation is 1. The van der Waals surface area contributed by atoms with Crippen LogP contribution in [0.3, 0.4) is 0 Å². The van der Waals surface area contributed by atoms with Crippen molar-refractivity contribution in [2.24, 2.45) is 0 Å². The van der Waals surface area contributed by atoms with E-state index in [1.165, 1.54) is 24.3 Å². The normalized spacial score (nSPS) is 13.3. The molecule has 0 aliphatic heterocycles. The minimum absolute atomic E-state index is 0. The number of nitrogens with zero attached hydrogens (tertiary/aromatic N) is 2. The van der Waals surface area contributed by atoms with E-state index in [9.17, 15) is 34.8 Å². The van der Waals surface area contributed by atoms with Crippen LogP contribution < -0.4 is 18.9 Å². The average molecular weight is 484 g/mol. The molecule has 0 saturated heterocycles. The van der Waals surface area contributed by atoms with E-state index in [0.717, 1.165) is 24.3 Å². The quantitative estimate of drug-likeness (QED) is 0.396. The summed E-state index contributed by atoms with van der Waals surface area (Å²) in [5.74, 6) is -5.80. The summed E-state index contributed by atoms with van der Waals surface area (Å²) in [6.45, 7) is 3.16. The molecule has 0 fully saturated rings. The van der Waals surface area contributed by atoms with Gasteiger partial charge in [-0.2, -0.15) is 22.0 Å². The Balaban J connectivity index is 0.00000385. The molecule has 1 heterocycles. The van der Waals surface area contributed by atoms with Crippen LogP contribution in [0.2, 0.25) is 0 Å². The molecule has 33 heavy (non-hydrogen) atoms. The van der Waals surface area contributed by atoms with Gasteiger partial charge in [-0.25, -0.2) is 12.8 Å². The third-order valence-corrected chi connectivity index (χ3v) is 6.03. The fraction of sp³-hybridized carbons (Fsp3) is 0.250. The number of alkyl halides is 6. The fourth-order valence-electron chi connectivity index (χ4n) is 2.76. The fourth-order valence-corrected chi connectivity index (χ4v) is 3.96. The molecule has 0 radical (unpaired) electrons. The monoisotopic (exact) mass is 484 g/mol. The number of rotatable bonds is 6. The molecule has 5 nitrogen and oxygen atoms in total. The third-order valence-electron chi connectivity index (χ3n) is 4.71. The van der Waals surface area contributed by atoms with Gasteiger partial charge in [-0.05, 0) is 42.2 Å². The summed E-state index contributed by atoms with van der Waals surface area (Å²) < 4.78 is 112. The summed E-state index contributed by atoms with van der Waals surface area (Å²) in [5.41, 5.74) is 0.161. The average Bonchev–Trinajstić information content (AvgIpc) is 3.04. The van der Waals surface area contributed by atoms with Crippen molar-refractivity contribution in [1.82, 2.24) is 5.16 Å². The van der Waals surface area contributed by atoms with Crippen molar-refractivity contribution >= 4 is 15.9 Å². The van der Waals surface area contributed by atoms with Gasteiger partial charge < -0.3 is 9.25 Å². The number of benzene rings is 2. The first-order valence-electron chi connectivity index (χ1n) is 8.94. The van der Waals surface area contributed by atoms with Gasteiger partial charge in [-0.1, -0.05) is 47.6 Å². The minimum Gasteiger partial charge on any atom is -0.539 e. The maximum absolute atomic E-state index is 13.9. The third kappa shape index (κ3) is 5.23. The Morgan fingerprint density at radius 2 is 1.55 bits per heavy atom. The summed E-state index contributed by atoms with van der Waals surface area (Å²) in [7, 11) is -4.32. The van der Waals surface area contributed by atoms with Gasteiger partial charge in [0, 0.05) is 0 Å². The Morgan fingerprint density at radius 1 is 0.970 bits per heavy atom. The number of aromatic nitrogens is 1. The molecule has 3 aromatic rings. The van der Waals surface area contributed by atoms with Gasteiger partial charge in [-0.3, -0.25) is 0 Å². The van der Waals surface area contributed by atoms with Crippen molar-refractivity contribution in [3.8, 4) is 11.1 Å². The molecule has 3 rings (SSSR count). The van der Waals surface area contributed by atoms with E-state index in [2.05, 4.69) is 9.88 Å². The Hall–Kier alpha value is -2.42. The topological polar surface area (TPSA) is 74.3 Å². The van der Waals surface area contributed by atoms with Gasteiger partial charge in [0.05, 0.1) is 16.5 Å². The Morgan fingerprint density at radius 3 is 2.06 bits per heavy atom. The van der Waals surface area contributed by atoms with Crippen molar-refractivity contribution in [3.63, 3.8) is 0 Å². The van der Waals surface area contributed by atoms with Gasteiger partial charge in [0.1, 0.15) is 10.0 Å². The van der Waals surface area contributed by atoms with Crippen LogP contribution in [0, 0.1) is 13.8 Å². The van der Waals surface area contributed by atoms with Gasteiger partial charge in [0.15, 0.2) is 6.17 Å². The first-order valence-corrected chi connectivity index (χ1v) is 10.4. The van der Waals surface area contributed by atoms with Crippen molar-refractivity contribution in [3.05, 3.63) is 70.1 Å². The largest absolute Gasteiger partial charge is 1.00 e. The number of sulfonamides is 1. The van der Waals surface area contributed by atoms with Crippen LogP contribution in [0.15, 0.2) is 57.9 Å². The Kier molecular flexibility index (Phi) is 7.68. The Bertz CT molecular complexity index is 1230. The molecule has 13 heteroatoms. The molecule has 0 amide bonds. The molecule has 0 aliphatic rings. The van der Waals surface area contributed by atoms with Crippen LogP contribution in [-0.2, 0) is 10.0 Å². The van der Waals surface area contributed by atoms with E-state index < -0.39 is 33.9 Å². The van der Waals surface area contributed by atoms with E-state index in [-0.39, 0.29) is 40.8 Å². The van der Waals surface area contributed by atoms with Gasteiger partial charge in [0.2, 0.25) is 0 Å². The summed E-state index contributed by atoms with van der Waals surface area (Å²) >= 11 is 0. The number of hydrogen-bond donors (Lipinski definition) is 0. The molecular weight excluding hydrogens is 469 g/mol. The van der Waals surface area contributed by atoms with E-state index in [1.807, 2.05) is 0 Å². The second kappa shape index (κ2) is 9.44. The van der Waals surface area contributed by atoms with Gasteiger partial charge >= 0.3 is 31.0 Å². The zero-order valence-electron chi connectivity index (χ0n) is 17.5. The smallest absolute Gasteiger partial charge is 0.539 e. The minimum atomic E-state index is -6.07. The van der Waals surface area contributed by atoms with Crippen molar-refractivity contribution < 1.29 is 58.1 Å².